The Bertz CT molecular complexity index is 527. The van der Waals surface area contributed by atoms with Gasteiger partial charge in [-0.15, -0.1) is 0 Å². The molecule has 2 N–H and O–H groups in total. The summed E-state index contributed by atoms with van der Waals surface area (Å²) in [5.74, 6) is 1.95. The molecule has 0 unspecified atom stereocenters. The van der Waals surface area contributed by atoms with Crippen molar-refractivity contribution in [3.63, 3.8) is 0 Å². The normalized spacial score (nSPS) is 18.5. The molecule has 0 atom stereocenters. The lowest BCUT2D eigenvalue weighted by Gasteiger charge is -2.19. The second-order valence-corrected chi connectivity index (χ2v) is 6.27. The van der Waals surface area contributed by atoms with E-state index in [1.807, 2.05) is 6.07 Å². The van der Waals surface area contributed by atoms with Crippen LogP contribution in [0, 0.1) is 0 Å². The Hall–Kier alpha value is -1.63. The molecule has 1 aromatic heterocycles. The molecule has 0 amide bonds. The van der Waals surface area contributed by atoms with E-state index in [4.69, 9.17) is 17.0 Å². The van der Waals surface area contributed by atoms with E-state index >= 15 is 0 Å². The predicted molar refractivity (Wildman–Crippen MR) is 91.6 cm³/mol. The molecule has 7 heteroatoms. The summed E-state index contributed by atoms with van der Waals surface area (Å²) >= 11 is 5.37. The molecule has 0 aromatic carbocycles. The van der Waals surface area contributed by atoms with Gasteiger partial charge in [0.2, 0.25) is 11.8 Å². The first kappa shape index (κ1) is 15.3. The molecule has 1 aliphatic heterocycles. The topological polar surface area (TPSA) is 62.3 Å². The summed E-state index contributed by atoms with van der Waals surface area (Å²) in [5.41, 5.74) is 0. The highest BCUT2D eigenvalue weighted by Crippen LogP contribution is 2.23. The number of nitrogens with one attached hydrogen (secondary N) is 2. The van der Waals surface area contributed by atoms with Gasteiger partial charge in [-0.2, -0.15) is 9.97 Å². The third-order valence-corrected chi connectivity index (χ3v) is 4.46. The van der Waals surface area contributed by atoms with Crippen LogP contribution in [-0.2, 0) is 0 Å². The lowest BCUT2D eigenvalue weighted by molar-refractivity contribution is 0.397. The standard InChI is InChI=1S/C15H23N5OS/c1-21-13-10-12(20-8-4-5-9-20)17-14(18-13)19-15(22)16-11-6-2-3-7-11/h10-11H,2-9H2,1H3,(H2,16,17,18,19,22). The highest BCUT2D eigenvalue weighted by atomic mass is 32.1. The van der Waals surface area contributed by atoms with Crippen LogP contribution in [0.5, 0.6) is 5.88 Å². The number of thiocarbonyl (C=S) groups is 1. The average Bonchev–Trinajstić information content (AvgIpc) is 3.19. The molecule has 22 heavy (non-hydrogen) atoms. The number of nitrogens with zero attached hydrogens (tertiary/aromatic N) is 3. The van der Waals surface area contributed by atoms with Crippen LogP contribution >= 0.6 is 12.2 Å². The van der Waals surface area contributed by atoms with E-state index in [2.05, 4.69) is 25.5 Å². The quantitative estimate of drug-likeness (QED) is 0.825. The van der Waals surface area contributed by atoms with Gasteiger partial charge in [0.1, 0.15) is 5.82 Å². The summed E-state index contributed by atoms with van der Waals surface area (Å²) < 4.78 is 5.29. The van der Waals surface area contributed by atoms with Gasteiger partial charge in [-0.05, 0) is 37.9 Å². The Balaban J connectivity index is 1.68. The van der Waals surface area contributed by atoms with Crippen LogP contribution in [0.15, 0.2) is 6.07 Å². The summed E-state index contributed by atoms with van der Waals surface area (Å²) in [7, 11) is 1.62. The number of hydrogen-bond acceptors (Lipinski definition) is 5. The zero-order chi connectivity index (χ0) is 15.4. The largest absolute Gasteiger partial charge is 0.481 e. The Morgan fingerprint density at radius 1 is 1.23 bits per heavy atom. The van der Waals surface area contributed by atoms with E-state index in [-0.39, 0.29) is 0 Å². The molecule has 1 aliphatic carbocycles. The van der Waals surface area contributed by atoms with Crippen LogP contribution in [0.3, 0.4) is 0 Å². The number of hydrogen-bond donors (Lipinski definition) is 2. The molecular formula is C15H23N5OS. The Morgan fingerprint density at radius 3 is 2.64 bits per heavy atom. The molecule has 1 saturated heterocycles. The fraction of sp³-hybridized carbons (Fsp3) is 0.667. The Kier molecular flexibility index (Phi) is 4.92. The lowest BCUT2D eigenvalue weighted by atomic mass is 10.3. The molecule has 2 aliphatic rings. The third-order valence-electron chi connectivity index (χ3n) is 4.24. The first-order valence-corrected chi connectivity index (χ1v) is 8.41. The molecule has 2 heterocycles. The minimum absolute atomic E-state index is 0.476. The van der Waals surface area contributed by atoms with Gasteiger partial charge in [-0.25, -0.2) is 0 Å². The van der Waals surface area contributed by atoms with E-state index in [0.29, 0.717) is 23.0 Å². The maximum absolute atomic E-state index is 5.37. The smallest absolute Gasteiger partial charge is 0.234 e. The minimum Gasteiger partial charge on any atom is -0.481 e. The van der Waals surface area contributed by atoms with Crippen molar-refractivity contribution in [2.24, 2.45) is 0 Å². The highest BCUT2D eigenvalue weighted by Gasteiger charge is 2.18. The maximum atomic E-state index is 5.37. The number of aromatic nitrogens is 2. The fourth-order valence-corrected chi connectivity index (χ4v) is 3.33. The van der Waals surface area contributed by atoms with Gasteiger partial charge in [-0.1, -0.05) is 12.8 Å². The molecule has 0 bridgehead atoms. The van der Waals surface area contributed by atoms with Crippen LogP contribution < -0.4 is 20.3 Å². The molecule has 1 saturated carbocycles. The predicted octanol–water partition coefficient (Wildman–Crippen LogP) is 2.31. The molecule has 120 valence electrons. The van der Waals surface area contributed by atoms with Gasteiger partial charge in [0, 0.05) is 25.2 Å². The van der Waals surface area contributed by atoms with Crippen LogP contribution in [0.25, 0.3) is 0 Å². The Labute approximate surface area is 136 Å². The monoisotopic (exact) mass is 321 g/mol. The molecule has 2 fully saturated rings. The SMILES string of the molecule is COc1cc(N2CCCC2)nc(NC(=S)NC2CCCC2)n1. The maximum Gasteiger partial charge on any atom is 0.234 e. The van der Waals surface area contributed by atoms with Gasteiger partial charge >= 0.3 is 0 Å². The van der Waals surface area contributed by atoms with Crippen molar-refractivity contribution in [3.05, 3.63) is 6.07 Å². The minimum atomic E-state index is 0.476. The Morgan fingerprint density at radius 2 is 1.95 bits per heavy atom. The summed E-state index contributed by atoms with van der Waals surface area (Å²) in [6, 6.07) is 2.35. The van der Waals surface area contributed by atoms with E-state index < -0.39 is 0 Å². The number of anilines is 2. The second kappa shape index (κ2) is 7.09. The summed E-state index contributed by atoms with van der Waals surface area (Å²) in [4.78, 5) is 11.2. The van der Waals surface area contributed by atoms with Gasteiger partial charge in [0.05, 0.1) is 7.11 Å². The highest BCUT2D eigenvalue weighted by molar-refractivity contribution is 7.80. The van der Waals surface area contributed by atoms with Crippen molar-refractivity contribution in [2.45, 2.75) is 44.6 Å². The van der Waals surface area contributed by atoms with Crippen molar-refractivity contribution < 1.29 is 4.74 Å². The number of ether oxygens (including phenoxy) is 1. The van der Waals surface area contributed by atoms with Crippen LogP contribution in [0.1, 0.15) is 38.5 Å². The van der Waals surface area contributed by atoms with Crippen LogP contribution in [0.2, 0.25) is 0 Å². The molecule has 1 aromatic rings. The summed E-state index contributed by atoms with van der Waals surface area (Å²) in [5, 5.41) is 7.03. The van der Waals surface area contributed by atoms with Gasteiger partial charge < -0.3 is 20.3 Å². The van der Waals surface area contributed by atoms with E-state index in [1.54, 1.807) is 7.11 Å². The van der Waals surface area contributed by atoms with Crippen molar-refractivity contribution in [3.8, 4) is 5.88 Å². The van der Waals surface area contributed by atoms with Gasteiger partial charge in [-0.3, -0.25) is 0 Å². The van der Waals surface area contributed by atoms with E-state index in [0.717, 1.165) is 18.9 Å². The molecule has 0 spiro atoms. The average molecular weight is 321 g/mol. The van der Waals surface area contributed by atoms with Crippen molar-refractivity contribution in [2.75, 3.05) is 30.4 Å². The van der Waals surface area contributed by atoms with Crippen molar-refractivity contribution >= 4 is 29.1 Å². The summed E-state index contributed by atoms with van der Waals surface area (Å²) in [6.45, 7) is 2.06. The van der Waals surface area contributed by atoms with E-state index in [1.165, 1.54) is 38.5 Å². The lowest BCUT2D eigenvalue weighted by Crippen LogP contribution is -2.36. The summed E-state index contributed by atoms with van der Waals surface area (Å²) in [6.07, 6.45) is 7.32. The number of rotatable bonds is 4. The van der Waals surface area contributed by atoms with E-state index in [9.17, 15) is 0 Å². The molecule has 3 rings (SSSR count). The first-order chi connectivity index (χ1) is 10.7. The van der Waals surface area contributed by atoms with Crippen molar-refractivity contribution in [1.29, 1.82) is 0 Å². The zero-order valence-corrected chi connectivity index (χ0v) is 13.8. The zero-order valence-electron chi connectivity index (χ0n) is 13.0. The van der Waals surface area contributed by atoms with Crippen LogP contribution in [0.4, 0.5) is 11.8 Å². The molecule has 0 radical (unpaired) electrons. The molecular weight excluding hydrogens is 298 g/mol. The third kappa shape index (κ3) is 3.76. The fourth-order valence-electron chi connectivity index (χ4n) is 3.07. The first-order valence-electron chi connectivity index (χ1n) is 8.00. The van der Waals surface area contributed by atoms with Gasteiger partial charge in [0.25, 0.3) is 0 Å². The molecule has 6 nitrogen and oxygen atoms in total. The van der Waals surface area contributed by atoms with Crippen molar-refractivity contribution in [1.82, 2.24) is 15.3 Å². The van der Waals surface area contributed by atoms with Crippen LogP contribution in [-0.4, -0.2) is 41.3 Å². The number of methoxy groups -OCH3 is 1. The van der Waals surface area contributed by atoms with Gasteiger partial charge in [0.15, 0.2) is 5.11 Å². The second-order valence-electron chi connectivity index (χ2n) is 5.87.